The molecular formula is C14H15BrN6. The first kappa shape index (κ1) is 13.8. The lowest BCUT2D eigenvalue weighted by atomic mass is 10.2. The fourth-order valence-electron chi connectivity index (χ4n) is 2.02. The van der Waals surface area contributed by atoms with Gasteiger partial charge >= 0.3 is 0 Å². The summed E-state index contributed by atoms with van der Waals surface area (Å²) in [7, 11) is 0. The highest BCUT2D eigenvalue weighted by atomic mass is 79.9. The van der Waals surface area contributed by atoms with Crippen LogP contribution in [0.4, 0.5) is 17.5 Å². The number of aryl methyl sites for hydroxylation is 1. The molecule has 3 N–H and O–H groups in total. The number of benzene rings is 1. The molecule has 3 rings (SSSR count). The lowest BCUT2D eigenvalue weighted by molar-refractivity contribution is 1.07. The summed E-state index contributed by atoms with van der Waals surface area (Å²) in [6.45, 7) is 4.81. The summed E-state index contributed by atoms with van der Waals surface area (Å²) in [4.78, 5) is 8.90. The fraction of sp³-hybridized carbons (Fsp3) is 0.214. The Bertz CT molecular complexity index is 782. The van der Waals surface area contributed by atoms with Gasteiger partial charge in [0.25, 0.3) is 0 Å². The average molecular weight is 347 g/mol. The third kappa shape index (κ3) is 2.82. The number of nitrogens with one attached hydrogen (secondary N) is 3. The molecule has 7 heteroatoms. The maximum absolute atomic E-state index is 4.52. The van der Waals surface area contributed by atoms with Crippen LogP contribution in [-0.2, 0) is 0 Å². The molecule has 3 aromatic rings. The van der Waals surface area contributed by atoms with Gasteiger partial charge in [-0.25, -0.2) is 0 Å². The van der Waals surface area contributed by atoms with Crippen molar-refractivity contribution in [2.45, 2.75) is 13.8 Å². The van der Waals surface area contributed by atoms with E-state index >= 15 is 0 Å². The molecule has 21 heavy (non-hydrogen) atoms. The van der Waals surface area contributed by atoms with Crippen LogP contribution < -0.4 is 10.6 Å². The standard InChI is InChI=1S/C14H15BrN6/c1-3-16-14-19-12(10-7-17-21-13(10)20-14)18-11-6-9(15)5-4-8(11)2/h4-7H,3H2,1-2H3,(H3,16,17,18,19,20,21). The Hall–Kier alpha value is -2.15. The Kier molecular flexibility index (Phi) is 3.74. The minimum Gasteiger partial charge on any atom is -0.354 e. The quantitative estimate of drug-likeness (QED) is 0.672. The van der Waals surface area contributed by atoms with Crippen molar-refractivity contribution in [1.82, 2.24) is 20.2 Å². The van der Waals surface area contributed by atoms with E-state index in [4.69, 9.17) is 0 Å². The molecule has 2 heterocycles. The first-order chi connectivity index (χ1) is 10.2. The molecule has 2 aromatic heterocycles. The van der Waals surface area contributed by atoms with E-state index in [9.17, 15) is 0 Å². The maximum atomic E-state index is 4.52. The molecule has 0 aliphatic carbocycles. The number of fused-ring (bicyclic) bond motifs is 1. The van der Waals surface area contributed by atoms with E-state index in [1.807, 2.05) is 32.0 Å². The van der Waals surface area contributed by atoms with E-state index < -0.39 is 0 Å². The zero-order valence-electron chi connectivity index (χ0n) is 11.7. The molecule has 0 bridgehead atoms. The van der Waals surface area contributed by atoms with Crippen LogP contribution in [0, 0.1) is 6.92 Å². The van der Waals surface area contributed by atoms with Gasteiger partial charge in [0.05, 0.1) is 11.6 Å². The third-order valence-corrected chi connectivity index (χ3v) is 3.59. The van der Waals surface area contributed by atoms with Gasteiger partial charge in [0.1, 0.15) is 5.82 Å². The van der Waals surface area contributed by atoms with Crippen molar-refractivity contribution in [3.8, 4) is 0 Å². The Labute approximate surface area is 130 Å². The van der Waals surface area contributed by atoms with Crippen molar-refractivity contribution >= 4 is 44.4 Å². The summed E-state index contributed by atoms with van der Waals surface area (Å²) in [5.74, 6) is 1.30. The van der Waals surface area contributed by atoms with E-state index in [0.29, 0.717) is 11.6 Å². The van der Waals surface area contributed by atoms with Crippen molar-refractivity contribution in [2.75, 3.05) is 17.2 Å². The molecule has 0 saturated carbocycles. The van der Waals surface area contributed by atoms with E-state index in [1.54, 1.807) is 6.20 Å². The van der Waals surface area contributed by atoms with Crippen molar-refractivity contribution in [3.63, 3.8) is 0 Å². The molecule has 0 aliphatic rings. The number of halogens is 1. The molecule has 0 aliphatic heterocycles. The topological polar surface area (TPSA) is 78.5 Å². The predicted molar refractivity (Wildman–Crippen MR) is 88.0 cm³/mol. The van der Waals surface area contributed by atoms with E-state index in [2.05, 4.69) is 46.7 Å². The van der Waals surface area contributed by atoms with E-state index in [1.165, 1.54) is 0 Å². The smallest absolute Gasteiger partial charge is 0.226 e. The zero-order valence-corrected chi connectivity index (χ0v) is 13.3. The number of hydrogen-bond donors (Lipinski definition) is 3. The number of aromatic nitrogens is 4. The van der Waals surface area contributed by atoms with Crippen LogP contribution in [0.15, 0.2) is 28.9 Å². The molecule has 0 atom stereocenters. The highest BCUT2D eigenvalue weighted by Gasteiger charge is 2.10. The van der Waals surface area contributed by atoms with Gasteiger partial charge in [-0.2, -0.15) is 15.1 Å². The van der Waals surface area contributed by atoms with E-state index in [0.717, 1.165) is 33.5 Å². The van der Waals surface area contributed by atoms with Crippen LogP contribution >= 0.6 is 15.9 Å². The fourth-order valence-corrected chi connectivity index (χ4v) is 2.38. The average Bonchev–Trinajstić information content (AvgIpc) is 2.92. The van der Waals surface area contributed by atoms with Gasteiger partial charge in [-0.1, -0.05) is 22.0 Å². The number of nitrogens with zero attached hydrogens (tertiary/aromatic N) is 3. The van der Waals surface area contributed by atoms with Crippen LogP contribution in [-0.4, -0.2) is 26.7 Å². The van der Waals surface area contributed by atoms with Gasteiger partial charge in [-0.15, -0.1) is 0 Å². The van der Waals surface area contributed by atoms with Gasteiger partial charge in [-0.3, -0.25) is 5.10 Å². The van der Waals surface area contributed by atoms with Crippen LogP contribution in [0.2, 0.25) is 0 Å². The maximum Gasteiger partial charge on any atom is 0.226 e. The summed E-state index contributed by atoms with van der Waals surface area (Å²) < 4.78 is 1.01. The van der Waals surface area contributed by atoms with E-state index in [-0.39, 0.29) is 0 Å². The highest BCUT2D eigenvalue weighted by Crippen LogP contribution is 2.27. The largest absolute Gasteiger partial charge is 0.354 e. The van der Waals surface area contributed by atoms with Gasteiger partial charge in [0.15, 0.2) is 5.65 Å². The predicted octanol–water partition coefficient (Wildman–Crippen LogP) is 3.60. The first-order valence-electron chi connectivity index (χ1n) is 6.65. The summed E-state index contributed by atoms with van der Waals surface area (Å²) in [5.41, 5.74) is 2.84. The minimum atomic E-state index is 0.574. The third-order valence-electron chi connectivity index (χ3n) is 3.10. The summed E-state index contributed by atoms with van der Waals surface area (Å²) in [6, 6.07) is 6.08. The van der Waals surface area contributed by atoms with Crippen molar-refractivity contribution in [3.05, 3.63) is 34.4 Å². The molecule has 0 unspecified atom stereocenters. The van der Waals surface area contributed by atoms with Crippen LogP contribution in [0.1, 0.15) is 12.5 Å². The second-order valence-corrected chi connectivity index (χ2v) is 5.56. The van der Waals surface area contributed by atoms with Crippen LogP contribution in [0.5, 0.6) is 0 Å². The lowest BCUT2D eigenvalue weighted by Crippen LogP contribution is -2.05. The monoisotopic (exact) mass is 346 g/mol. The number of aromatic amines is 1. The summed E-state index contributed by atoms with van der Waals surface area (Å²) >= 11 is 3.49. The molecule has 1 aromatic carbocycles. The van der Waals surface area contributed by atoms with Crippen LogP contribution in [0.25, 0.3) is 11.0 Å². The lowest BCUT2D eigenvalue weighted by Gasteiger charge is -2.11. The van der Waals surface area contributed by atoms with Gasteiger partial charge in [0, 0.05) is 16.7 Å². The molecule has 0 fully saturated rings. The second kappa shape index (κ2) is 5.69. The number of H-pyrrole nitrogens is 1. The Morgan fingerprint density at radius 1 is 1.29 bits per heavy atom. The number of rotatable bonds is 4. The van der Waals surface area contributed by atoms with Gasteiger partial charge in [-0.05, 0) is 31.5 Å². The molecule has 0 saturated heterocycles. The summed E-state index contributed by atoms with van der Waals surface area (Å²) in [5, 5.41) is 14.3. The molecule has 108 valence electrons. The number of anilines is 3. The molecule has 6 nitrogen and oxygen atoms in total. The number of hydrogen-bond acceptors (Lipinski definition) is 5. The van der Waals surface area contributed by atoms with Crippen LogP contribution in [0.3, 0.4) is 0 Å². The van der Waals surface area contributed by atoms with Crippen molar-refractivity contribution < 1.29 is 0 Å². The second-order valence-electron chi connectivity index (χ2n) is 4.64. The Morgan fingerprint density at radius 2 is 2.14 bits per heavy atom. The normalized spacial score (nSPS) is 10.8. The van der Waals surface area contributed by atoms with Gasteiger partial charge in [0.2, 0.25) is 5.95 Å². The molecule has 0 spiro atoms. The Morgan fingerprint density at radius 3 is 2.95 bits per heavy atom. The highest BCUT2D eigenvalue weighted by molar-refractivity contribution is 9.10. The zero-order chi connectivity index (χ0) is 14.8. The molecule has 0 amide bonds. The Balaban J connectivity index is 2.06. The SMILES string of the molecule is CCNc1nc(Nc2cc(Br)ccc2C)c2cn[nH]c2n1. The van der Waals surface area contributed by atoms with Crippen molar-refractivity contribution in [1.29, 1.82) is 0 Å². The minimum absolute atomic E-state index is 0.574. The molecular weight excluding hydrogens is 332 g/mol. The van der Waals surface area contributed by atoms with Gasteiger partial charge < -0.3 is 10.6 Å². The summed E-state index contributed by atoms with van der Waals surface area (Å²) in [6.07, 6.45) is 1.72. The first-order valence-corrected chi connectivity index (χ1v) is 7.45. The molecule has 0 radical (unpaired) electrons. The van der Waals surface area contributed by atoms with Crippen molar-refractivity contribution in [2.24, 2.45) is 0 Å².